The maximum atomic E-state index is 9.73. The van der Waals surface area contributed by atoms with E-state index in [4.69, 9.17) is 14.7 Å². The molecule has 1 aliphatic rings. The highest BCUT2D eigenvalue weighted by atomic mass is 32.2. The summed E-state index contributed by atoms with van der Waals surface area (Å²) >= 11 is 3.16. The minimum Gasteiger partial charge on any atom is -0.392 e. The van der Waals surface area contributed by atoms with Gasteiger partial charge in [0.05, 0.1) is 34.2 Å². The Hall–Kier alpha value is -1.48. The summed E-state index contributed by atoms with van der Waals surface area (Å²) in [5.41, 5.74) is 4.38. The lowest BCUT2D eigenvalue weighted by atomic mass is 9.87. The van der Waals surface area contributed by atoms with Crippen LogP contribution in [-0.4, -0.2) is 44.6 Å². The van der Waals surface area contributed by atoms with Crippen molar-refractivity contribution in [3.05, 3.63) is 16.8 Å². The zero-order valence-corrected chi connectivity index (χ0v) is 19.4. The van der Waals surface area contributed by atoms with Crippen LogP contribution in [0.3, 0.4) is 0 Å². The lowest BCUT2D eigenvalue weighted by Crippen LogP contribution is -2.32. The number of hydrogen-bond acceptors (Lipinski definition) is 8. The van der Waals surface area contributed by atoms with Crippen molar-refractivity contribution in [2.75, 3.05) is 18.1 Å². The molecule has 0 aromatic carbocycles. The topological polar surface area (TPSA) is 80.2 Å². The second kappa shape index (κ2) is 7.65. The third kappa shape index (κ3) is 3.83. The Balaban J connectivity index is 2.04. The van der Waals surface area contributed by atoms with Gasteiger partial charge < -0.3 is 15.2 Å². The van der Waals surface area contributed by atoms with Gasteiger partial charge in [-0.2, -0.15) is 0 Å². The lowest BCUT2D eigenvalue weighted by molar-refractivity contribution is -0.0402. The fourth-order valence-corrected chi connectivity index (χ4v) is 5.29. The molecule has 0 radical (unpaired) electrons. The number of thiophene rings is 1. The third-order valence-electron chi connectivity index (χ3n) is 5.20. The highest BCUT2D eigenvalue weighted by Crippen LogP contribution is 2.43. The molecule has 0 fully saturated rings. The summed E-state index contributed by atoms with van der Waals surface area (Å²) in [5, 5.41) is 14.9. The molecular weight excluding hydrogens is 404 g/mol. The molecule has 1 atom stereocenters. The number of aromatic nitrogens is 3. The Morgan fingerprint density at radius 2 is 1.97 bits per heavy atom. The normalized spacial score (nSPS) is 17.1. The Morgan fingerprint density at radius 1 is 1.21 bits per heavy atom. The number of anilines is 1. The molecule has 1 aliphatic heterocycles. The molecule has 0 aliphatic carbocycles. The number of nitrogens with one attached hydrogen (secondary N) is 1. The molecule has 0 saturated carbocycles. The number of hydrogen-bond donors (Lipinski definition) is 2. The molecule has 0 saturated heterocycles. The van der Waals surface area contributed by atoms with Crippen LogP contribution in [0.25, 0.3) is 20.4 Å². The van der Waals surface area contributed by atoms with Crippen molar-refractivity contribution >= 4 is 49.3 Å². The SMILES string of the molecule is CSc1nc(NCC(C)O)c2sc3nc(C(C)C)c4c(c3c2n1)CC(C)(C)OC4. The smallest absolute Gasteiger partial charge is 0.189 e. The summed E-state index contributed by atoms with van der Waals surface area (Å²) in [5.74, 6) is 1.10. The first kappa shape index (κ1) is 20.8. The van der Waals surface area contributed by atoms with Crippen LogP contribution in [0, 0.1) is 0 Å². The number of fused-ring (bicyclic) bond motifs is 5. The predicted molar refractivity (Wildman–Crippen MR) is 121 cm³/mol. The fourth-order valence-electron chi connectivity index (χ4n) is 3.81. The van der Waals surface area contributed by atoms with E-state index in [-0.39, 0.29) is 5.60 Å². The summed E-state index contributed by atoms with van der Waals surface area (Å²) in [4.78, 5) is 15.6. The predicted octanol–water partition coefficient (Wildman–Crippen LogP) is 4.73. The largest absolute Gasteiger partial charge is 0.392 e. The number of ether oxygens (including phenoxy) is 1. The Kier molecular flexibility index (Phi) is 5.48. The third-order valence-corrected chi connectivity index (χ3v) is 6.82. The van der Waals surface area contributed by atoms with Gasteiger partial charge in [-0.1, -0.05) is 25.6 Å². The quantitative estimate of drug-likeness (QED) is 0.446. The van der Waals surface area contributed by atoms with Gasteiger partial charge in [-0.05, 0) is 38.5 Å². The van der Waals surface area contributed by atoms with Gasteiger partial charge in [-0.25, -0.2) is 15.0 Å². The summed E-state index contributed by atoms with van der Waals surface area (Å²) in [7, 11) is 0. The van der Waals surface area contributed by atoms with Gasteiger partial charge in [-0.15, -0.1) is 11.3 Å². The van der Waals surface area contributed by atoms with Crippen LogP contribution < -0.4 is 5.32 Å². The average molecular weight is 433 g/mol. The summed E-state index contributed by atoms with van der Waals surface area (Å²) in [6.07, 6.45) is 2.36. The maximum Gasteiger partial charge on any atom is 0.189 e. The first-order valence-electron chi connectivity index (χ1n) is 9.96. The fraction of sp³-hybridized carbons (Fsp3) is 0.571. The molecule has 3 aromatic rings. The van der Waals surface area contributed by atoms with Crippen LogP contribution in [0.2, 0.25) is 0 Å². The van der Waals surface area contributed by atoms with Crippen molar-refractivity contribution in [2.45, 2.75) is 70.4 Å². The van der Waals surface area contributed by atoms with Crippen molar-refractivity contribution < 1.29 is 9.84 Å². The molecule has 4 rings (SSSR count). The minimum atomic E-state index is -0.455. The molecule has 0 amide bonds. The van der Waals surface area contributed by atoms with Crippen molar-refractivity contribution in [1.29, 1.82) is 0 Å². The van der Waals surface area contributed by atoms with E-state index in [1.807, 2.05) is 6.26 Å². The highest BCUT2D eigenvalue weighted by Gasteiger charge is 2.32. The van der Waals surface area contributed by atoms with Gasteiger partial charge in [0.2, 0.25) is 0 Å². The summed E-state index contributed by atoms with van der Waals surface area (Å²) in [6, 6.07) is 0. The van der Waals surface area contributed by atoms with Crippen LogP contribution in [-0.2, 0) is 17.8 Å². The van der Waals surface area contributed by atoms with Gasteiger partial charge in [-0.3, -0.25) is 0 Å². The Labute approximate surface area is 179 Å². The first-order chi connectivity index (χ1) is 13.7. The number of nitrogens with zero attached hydrogens (tertiary/aromatic N) is 3. The van der Waals surface area contributed by atoms with E-state index in [9.17, 15) is 5.11 Å². The highest BCUT2D eigenvalue weighted by molar-refractivity contribution is 7.98. The molecular formula is C21H28N4O2S2. The molecule has 3 aromatic heterocycles. The Morgan fingerprint density at radius 3 is 2.62 bits per heavy atom. The van der Waals surface area contributed by atoms with Crippen LogP contribution in [0.15, 0.2) is 5.16 Å². The number of thioether (sulfide) groups is 1. The molecule has 1 unspecified atom stereocenters. The Bertz CT molecular complexity index is 1080. The molecule has 0 spiro atoms. The van der Waals surface area contributed by atoms with Crippen LogP contribution in [0.1, 0.15) is 57.4 Å². The van der Waals surface area contributed by atoms with E-state index in [0.29, 0.717) is 19.1 Å². The van der Waals surface area contributed by atoms with Crippen LogP contribution in [0.4, 0.5) is 5.82 Å². The van der Waals surface area contributed by atoms with Gasteiger partial charge >= 0.3 is 0 Å². The van der Waals surface area contributed by atoms with Crippen molar-refractivity contribution in [2.24, 2.45) is 0 Å². The molecule has 29 heavy (non-hydrogen) atoms. The number of rotatable bonds is 5. The van der Waals surface area contributed by atoms with E-state index in [0.717, 1.165) is 43.5 Å². The monoisotopic (exact) mass is 432 g/mol. The second-order valence-electron chi connectivity index (χ2n) is 8.58. The van der Waals surface area contributed by atoms with E-state index < -0.39 is 6.10 Å². The molecule has 0 bridgehead atoms. The molecule has 4 heterocycles. The van der Waals surface area contributed by atoms with E-state index in [2.05, 4.69) is 38.0 Å². The minimum absolute atomic E-state index is 0.216. The van der Waals surface area contributed by atoms with Crippen LogP contribution in [0.5, 0.6) is 0 Å². The lowest BCUT2D eigenvalue weighted by Gasteiger charge is -2.33. The van der Waals surface area contributed by atoms with Crippen molar-refractivity contribution in [3.8, 4) is 0 Å². The molecule has 2 N–H and O–H groups in total. The van der Waals surface area contributed by atoms with Crippen molar-refractivity contribution in [3.63, 3.8) is 0 Å². The van der Waals surface area contributed by atoms with Gasteiger partial charge in [0.1, 0.15) is 10.6 Å². The van der Waals surface area contributed by atoms with Gasteiger partial charge in [0.15, 0.2) is 5.16 Å². The van der Waals surface area contributed by atoms with E-state index >= 15 is 0 Å². The van der Waals surface area contributed by atoms with Crippen LogP contribution >= 0.6 is 23.1 Å². The summed E-state index contributed by atoms with van der Waals surface area (Å²) in [6.45, 7) is 11.4. The molecule has 6 nitrogen and oxygen atoms in total. The second-order valence-corrected chi connectivity index (χ2v) is 10.4. The van der Waals surface area contributed by atoms with Gasteiger partial charge in [0, 0.05) is 23.9 Å². The maximum absolute atomic E-state index is 9.73. The van der Waals surface area contributed by atoms with Gasteiger partial charge in [0.25, 0.3) is 0 Å². The molecule has 156 valence electrons. The summed E-state index contributed by atoms with van der Waals surface area (Å²) < 4.78 is 7.14. The number of pyridine rings is 1. The number of aliphatic hydroxyl groups excluding tert-OH is 1. The van der Waals surface area contributed by atoms with E-state index in [1.54, 1.807) is 18.3 Å². The molecule has 8 heteroatoms. The number of aliphatic hydroxyl groups is 1. The van der Waals surface area contributed by atoms with Crippen molar-refractivity contribution in [1.82, 2.24) is 15.0 Å². The van der Waals surface area contributed by atoms with E-state index in [1.165, 1.54) is 22.9 Å². The zero-order chi connectivity index (χ0) is 20.9. The first-order valence-corrected chi connectivity index (χ1v) is 12.0. The zero-order valence-electron chi connectivity index (χ0n) is 17.8. The average Bonchev–Trinajstić information content (AvgIpc) is 3.03. The standard InChI is InChI=1S/C21H28N4O2S2/c1-10(2)15-13-9-27-21(4,5)7-12(13)14-16-17(29-19(14)23-15)18(22-8-11(3)26)25-20(24-16)28-6/h10-11,26H,7-9H2,1-6H3,(H,22,24,25).